The highest BCUT2D eigenvalue weighted by atomic mass is 16.5. The highest BCUT2D eigenvalue weighted by Crippen LogP contribution is 2.40. The zero-order valence-corrected chi connectivity index (χ0v) is 20.0. The molecular weight excluding hydrogens is 438 g/mol. The SMILES string of the molecule is COc1ccc(OC)c(C2NC(=O)N(C)C3=C2C(=O)N(CCc2ccc(OC)c(OC)c2)C3)c1. The predicted molar refractivity (Wildman–Crippen MR) is 125 cm³/mol. The number of hydrogen-bond donors (Lipinski definition) is 1. The Hall–Kier alpha value is -3.88. The van der Waals surface area contributed by atoms with Gasteiger partial charge < -0.3 is 29.2 Å². The molecule has 0 radical (unpaired) electrons. The third-order valence-corrected chi connectivity index (χ3v) is 6.30. The molecule has 0 saturated heterocycles. The Morgan fingerprint density at radius 2 is 1.62 bits per heavy atom. The Kier molecular flexibility index (Phi) is 6.54. The van der Waals surface area contributed by atoms with Gasteiger partial charge in [0.1, 0.15) is 11.5 Å². The molecule has 0 aromatic heterocycles. The van der Waals surface area contributed by atoms with Crippen LogP contribution in [0.4, 0.5) is 4.79 Å². The molecule has 0 bridgehead atoms. The molecule has 9 heteroatoms. The molecule has 1 N–H and O–H groups in total. The molecule has 0 spiro atoms. The molecule has 9 nitrogen and oxygen atoms in total. The molecular formula is C25H29N3O6. The van der Waals surface area contributed by atoms with E-state index in [1.165, 1.54) is 4.90 Å². The first-order valence-corrected chi connectivity index (χ1v) is 10.9. The van der Waals surface area contributed by atoms with Gasteiger partial charge in [-0.15, -0.1) is 0 Å². The third kappa shape index (κ3) is 4.09. The smallest absolute Gasteiger partial charge is 0.322 e. The van der Waals surface area contributed by atoms with Gasteiger partial charge in [-0.05, 0) is 42.3 Å². The number of amides is 3. The van der Waals surface area contributed by atoms with Crippen LogP contribution in [-0.2, 0) is 11.2 Å². The summed E-state index contributed by atoms with van der Waals surface area (Å²) in [6.45, 7) is 0.847. The summed E-state index contributed by atoms with van der Waals surface area (Å²) in [7, 11) is 7.99. The summed E-state index contributed by atoms with van der Waals surface area (Å²) in [5.41, 5.74) is 2.92. The van der Waals surface area contributed by atoms with Gasteiger partial charge in [0.25, 0.3) is 5.91 Å². The zero-order chi connectivity index (χ0) is 24.4. The van der Waals surface area contributed by atoms with E-state index >= 15 is 0 Å². The molecule has 3 amide bonds. The highest BCUT2D eigenvalue weighted by Gasteiger charge is 2.43. The fourth-order valence-corrected chi connectivity index (χ4v) is 4.40. The first-order chi connectivity index (χ1) is 16.4. The van der Waals surface area contributed by atoms with Crippen molar-refractivity contribution in [1.82, 2.24) is 15.1 Å². The van der Waals surface area contributed by atoms with E-state index in [1.54, 1.807) is 58.6 Å². The Labute approximate surface area is 198 Å². The van der Waals surface area contributed by atoms with Crippen LogP contribution in [0.5, 0.6) is 23.0 Å². The molecule has 34 heavy (non-hydrogen) atoms. The molecule has 2 heterocycles. The van der Waals surface area contributed by atoms with Crippen molar-refractivity contribution in [2.75, 3.05) is 48.6 Å². The minimum absolute atomic E-state index is 0.114. The van der Waals surface area contributed by atoms with Crippen LogP contribution < -0.4 is 24.3 Å². The predicted octanol–water partition coefficient (Wildman–Crippen LogP) is 2.76. The second-order valence-corrected chi connectivity index (χ2v) is 8.08. The molecule has 2 aromatic rings. The number of nitrogens with one attached hydrogen (secondary N) is 1. The highest BCUT2D eigenvalue weighted by molar-refractivity contribution is 6.01. The Morgan fingerprint density at radius 1 is 0.912 bits per heavy atom. The van der Waals surface area contributed by atoms with E-state index < -0.39 is 6.04 Å². The van der Waals surface area contributed by atoms with Gasteiger partial charge in [0.2, 0.25) is 0 Å². The van der Waals surface area contributed by atoms with Gasteiger partial charge in [-0.2, -0.15) is 0 Å². The monoisotopic (exact) mass is 467 g/mol. The number of urea groups is 1. The summed E-state index contributed by atoms with van der Waals surface area (Å²) in [4.78, 5) is 29.6. The minimum Gasteiger partial charge on any atom is -0.497 e. The van der Waals surface area contributed by atoms with Gasteiger partial charge in [-0.1, -0.05) is 6.07 Å². The lowest BCUT2D eigenvalue weighted by Crippen LogP contribution is -2.45. The van der Waals surface area contributed by atoms with Gasteiger partial charge >= 0.3 is 6.03 Å². The van der Waals surface area contributed by atoms with Crippen molar-refractivity contribution in [3.8, 4) is 23.0 Å². The van der Waals surface area contributed by atoms with Crippen molar-refractivity contribution < 1.29 is 28.5 Å². The number of hydrogen-bond acceptors (Lipinski definition) is 6. The molecule has 2 aromatic carbocycles. The number of likely N-dealkylation sites (N-methyl/N-ethyl adjacent to an activating group) is 1. The fourth-order valence-electron chi connectivity index (χ4n) is 4.40. The van der Waals surface area contributed by atoms with Crippen LogP contribution in [-0.4, -0.2) is 70.3 Å². The molecule has 2 aliphatic heterocycles. The molecule has 0 fully saturated rings. The Balaban J connectivity index is 1.60. The van der Waals surface area contributed by atoms with Crippen molar-refractivity contribution in [1.29, 1.82) is 0 Å². The van der Waals surface area contributed by atoms with Crippen LogP contribution in [0.25, 0.3) is 0 Å². The van der Waals surface area contributed by atoms with E-state index in [1.807, 2.05) is 18.2 Å². The average Bonchev–Trinajstić information content (AvgIpc) is 3.20. The quantitative estimate of drug-likeness (QED) is 0.642. The van der Waals surface area contributed by atoms with Gasteiger partial charge in [0.05, 0.1) is 52.3 Å². The van der Waals surface area contributed by atoms with Crippen LogP contribution in [0, 0.1) is 0 Å². The standard InChI is InChI=1S/C25H29N3O6/c1-27-18-14-28(11-10-15-6-8-20(33-4)21(12-15)34-5)24(29)22(18)23(26-25(27)30)17-13-16(31-2)7-9-19(17)32-3/h6-9,12-13,23H,10-11,14H2,1-5H3,(H,26,30). The summed E-state index contributed by atoms with van der Waals surface area (Å²) < 4.78 is 21.6. The molecule has 1 atom stereocenters. The molecule has 180 valence electrons. The largest absolute Gasteiger partial charge is 0.497 e. The number of rotatable bonds is 8. The maximum atomic E-state index is 13.5. The molecule has 2 aliphatic rings. The average molecular weight is 468 g/mol. The number of ether oxygens (including phenoxy) is 4. The number of carbonyl (C=O) groups excluding carboxylic acids is 2. The number of benzene rings is 2. The molecule has 0 aliphatic carbocycles. The van der Waals surface area contributed by atoms with Crippen molar-refractivity contribution in [2.45, 2.75) is 12.5 Å². The topological polar surface area (TPSA) is 89.6 Å². The van der Waals surface area contributed by atoms with E-state index in [0.717, 1.165) is 5.56 Å². The van der Waals surface area contributed by atoms with Crippen LogP contribution >= 0.6 is 0 Å². The molecule has 4 rings (SSSR count). The van der Waals surface area contributed by atoms with Gasteiger partial charge in [-0.3, -0.25) is 9.69 Å². The van der Waals surface area contributed by atoms with Crippen molar-refractivity contribution in [3.63, 3.8) is 0 Å². The lowest BCUT2D eigenvalue weighted by Gasteiger charge is -2.31. The van der Waals surface area contributed by atoms with Gasteiger partial charge in [0, 0.05) is 19.2 Å². The van der Waals surface area contributed by atoms with E-state index in [9.17, 15) is 9.59 Å². The van der Waals surface area contributed by atoms with Crippen molar-refractivity contribution in [3.05, 3.63) is 58.8 Å². The maximum Gasteiger partial charge on any atom is 0.322 e. The summed E-state index contributed by atoms with van der Waals surface area (Å²) in [5.74, 6) is 2.37. The summed E-state index contributed by atoms with van der Waals surface area (Å²) >= 11 is 0. The van der Waals surface area contributed by atoms with Crippen molar-refractivity contribution >= 4 is 11.9 Å². The van der Waals surface area contributed by atoms with E-state index in [-0.39, 0.29) is 11.9 Å². The molecule has 0 saturated carbocycles. The first-order valence-electron chi connectivity index (χ1n) is 10.9. The Morgan fingerprint density at radius 3 is 2.29 bits per heavy atom. The number of carbonyl (C=O) groups is 2. The van der Waals surface area contributed by atoms with Crippen LogP contribution in [0.3, 0.4) is 0 Å². The van der Waals surface area contributed by atoms with E-state index in [4.69, 9.17) is 18.9 Å². The summed E-state index contributed by atoms with van der Waals surface area (Å²) in [6, 6.07) is 10.1. The van der Waals surface area contributed by atoms with Crippen molar-refractivity contribution in [2.24, 2.45) is 0 Å². The summed E-state index contributed by atoms with van der Waals surface area (Å²) in [6.07, 6.45) is 0.630. The number of nitrogens with zero attached hydrogens (tertiary/aromatic N) is 2. The normalized spacial score (nSPS) is 17.5. The van der Waals surface area contributed by atoms with Gasteiger partial charge in [0.15, 0.2) is 11.5 Å². The molecule has 1 unspecified atom stereocenters. The Bertz CT molecular complexity index is 1150. The fraction of sp³-hybridized carbons (Fsp3) is 0.360. The van der Waals surface area contributed by atoms with Gasteiger partial charge in [-0.25, -0.2) is 4.79 Å². The second kappa shape index (κ2) is 9.54. The summed E-state index contributed by atoms with van der Waals surface area (Å²) in [5, 5.41) is 2.95. The van der Waals surface area contributed by atoms with Crippen LogP contribution in [0.2, 0.25) is 0 Å². The maximum absolute atomic E-state index is 13.5. The van der Waals surface area contributed by atoms with E-state index in [0.29, 0.717) is 59.3 Å². The van der Waals surface area contributed by atoms with Crippen LogP contribution in [0.1, 0.15) is 17.2 Å². The third-order valence-electron chi connectivity index (χ3n) is 6.30. The first kappa shape index (κ1) is 23.3. The second-order valence-electron chi connectivity index (χ2n) is 8.08. The lowest BCUT2D eigenvalue weighted by atomic mass is 9.94. The zero-order valence-electron chi connectivity index (χ0n) is 20.0. The number of methoxy groups -OCH3 is 4. The van der Waals surface area contributed by atoms with E-state index in [2.05, 4.69) is 5.32 Å². The minimum atomic E-state index is -0.637. The lowest BCUT2D eigenvalue weighted by molar-refractivity contribution is -0.125. The van der Waals surface area contributed by atoms with Crippen LogP contribution in [0.15, 0.2) is 47.7 Å².